The Kier molecular flexibility index (Phi) is 3.08. The molecule has 1 saturated heterocycles. The molecule has 0 aromatic heterocycles. The highest BCUT2D eigenvalue weighted by atomic mass is 15.3. The van der Waals surface area contributed by atoms with Crippen LogP contribution in [0.4, 0.5) is 5.69 Å². The molecular formula is C14H19N3. The van der Waals surface area contributed by atoms with Gasteiger partial charge in [0, 0.05) is 25.2 Å². The van der Waals surface area contributed by atoms with E-state index in [0.29, 0.717) is 0 Å². The maximum absolute atomic E-state index is 9.22. The molecule has 0 spiro atoms. The van der Waals surface area contributed by atoms with Crippen LogP contribution in [0, 0.1) is 18.3 Å². The van der Waals surface area contributed by atoms with E-state index in [9.17, 15) is 5.26 Å². The first kappa shape index (κ1) is 11.9. The Morgan fingerprint density at radius 3 is 2.82 bits per heavy atom. The number of rotatable bonds is 1. The highest BCUT2D eigenvalue weighted by molar-refractivity contribution is 5.62. The van der Waals surface area contributed by atoms with E-state index < -0.39 is 0 Å². The van der Waals surface area contributed by atoms with E-state index in [1.54, 1.807) is 0 Å². The quantitative estimate of drug-likeness (QED) is 0.801. The molecule has 0 aliphatic carbocycles. The van der Waals surface area contributed by atoms with Gasteiger partial charge >= 0.3 is 0 Å². The number of piperazine rings is 1. The van der Waals surface area contributed by atoms with Crippen molar-refractivity contribution in [3.63, 3.8) is 0 Å². The van der Waals surface area contributed by atoms with Crippen molar-refractivity contribution in [2.45, 2.75) is 26.3 Å². The average molecular weight is 229 g/mol. The molecule has 3 heteroatoms. The number of benzene rings is 1. The first-order chi connectivity index (χ1) is 8.04. The van der Waals surface area contributed by atoms with Crippen molar-refractivity contribution in [1.82, 2.24) is 5.32 Å². The minimum Gasteiger partial charge on any atom is -0.363 e. The molecule has 17 heavy (non-hydrogen) atoms. The summed E-state index contributed by atoms with van der Waals surface area (Å²) in [6.07, 6.45) is 0. The van der Waals surface area contributed by atoms with E-state index in [2.05, 4.69) is 43.1 Å². The predicted octanol–water partition coefficient (Wildman–Crippen LogP) is 2.05. The van der Waals surface area contributed by atoms with Gasteiger partial charge < -0.3 is 10.2 Å². The van der Waals surface area contributed by atoms with E-state index in [4.69, 9.17) is 0 Å². The lowest BCUT2D eigenvalue weighted by atomic mass is 9.97. The first-order valence-corrected chi connectivity index (χ1v) is 6.04. The molecule has 1 N–H and O–H groups in total. The third kappa shape index (κ3) is 2.27. The molecule has 2 rings (SSSR count). The zero-order chi connectivity index (χ0) is 12.5. The summed E-state index contributed by atoms with van der Waals surface area (Å²) in [7, 11) is 0. The van der Waals surface area contributed by atoms with Gasteiger partial charge in [0.25, 0.3) is 0 Å². The van der Waals surface area contributed by atoms with E-state index in [-0.39, 0.29) is 5.54 Å². The Morgan fingerprint density at radius 2 is 2.18 bits per heavy atom. The maximum atomic E-state index is 9.22. The molecule has 1 aliphatic heterocycles. The molecule has 0 radical (unpaired) electrons. The van der Waals surface area contributed by atoms with Crippen molar-refractivity contribution >= 4 is 5.69 Å². The van der Waals surface area contributed by atoms with Gasteiger partial charge in [-0.1, -0.05) is 6.07 Å². The molecule has 0 bridgehead atoms. The molecule has 1 aromatic rings. The minimum atomic E-state index is 0.0532. The fourth-order valence-corrected chi connectivity index (χ4v) is 2.39. The van der Waals surface area contributed by atoms with Gasteiger partial charge in [0.05, 0.1) is 11.3 Å². The second-order valence-corrected chi connectivity index (χ2v) is 5.27. The van der Waals surface area contributed by atoms with Crippen LogP contribution in [0.3, 0.4) is 0 Å². The summed E-state index contributed by atoms with van der Waals surface area (Å²) in [6, 6.07) is 8.33. The molecule has 1 fully saturated rings. The molecule has 0 unspecified atom stereocenters. The summed E-state index contributed by atoms with van der Waals surface area (Å²) >= 11 is 0. The van der Waals surface area contributed by atoms with E-state index >= 15 is 0 Å². The monoisotopic (exact) mass is 229 g/mol. The third-order valence-corrected chi connectivity index (χ3v) is 3.36. The summed E-state index contributed by atoms with van der Waals surface area (Å²) in [5, 5.41) is 12.6. The third-order valence-electron chi connectivity index (χ3n) is 3.36. The van der Waals surface area contributed by atoms with Gasteiger partial charge in [0.2, 0.25) is 0 Å². The largest absolute Gasteiger partial charge is 0.363 e. The number of hydrogen-bond acceptors (Lipinski definition) is 3. The lowest BCUT2D eigenvalue weighted by Gasteiger charge is -2.45. The van der Waals surface area contributed by atoms with Gasteiger partial charge in [0.1, 0.15) is 6.07 Å². The lowest BCUT2D eigenvalue weighted by Crippen LogP contribution is -2.58. The van der Waals surface area contributed by atoms with Gasteiger partial charge in [-0.25, -0.2) is 0 Å². The van der Waals surface area contributed by atoms with Crippen LogP contribution in [0.2, 0.25) is 0 Å². The fourth-order valence-electron chi connectivity index (χ4n) is 2.39. The predicted molar refractivity (Wildman–Crippen MR) is 70.2 cm³/mol. The van der Waals surface area contributed by atoms with E-state index in [1.807, 2.05) is 12.1 Å². The molecular weight excluding hydrogens is 210 g/mol. The maximum Gasteiger partial charge on any atom is 0.101 e. The fraction of sp³-hybridized carbons (Fsp3) is 0.500. The summed E-state index contributed by atoms with van der Waals surface area (Å²) in [4.78, 5) is 2.34. The average Bonchev–Trinajstić information content (AvgIpc) is 2.28. The van der Waals surface area contributed by atoms with Crippen molar-refractivity contribution in [3.8, 4) is 6.07 Å². The molecule has 1 aliphatic rings. The first-order valence-electron chi connectivity index (χ1n) is 6.04. The van der Waals surface area contributed by atoms with Gasteiger partial charge in [0.15, 0.2) is 0 Å². The molecule has 0 saturated carbocycles. The van der Waals surface area contributed by atoms with Gasteiger partial charge in [-0.15, -0.1) is 0 Å². The number of hydrogen-bond donors (Lipinski definition) is 1. The molecule has 0 amide bonds. The SMILES string of the molecule is Cc1ccc(C#N)c(N2CCNCC2(C)C)c1. The van der Waals surface area contributed by atoms with E-state index in [1.165, 1.54) is 5.56 Å². The Labute approximate surface area is 103 Å². The molecule has 0 atom stereocenters. The zero-order valence-corrected chi connectivity index (χ0v) is 10.7. The minimum absolute atomic E-state index is 0.0532. The van der Waals surface area contributed by atoms with Crippen LogP contribution in [-0.2, 0) is 0 Å². The summed E-state index contributed by atoms with van der Waals surface area (Å²) in [6.45, 7) is 9.37. The number of anilines is 1. The van der Waals surface area contributed by atoms with Crippen LogP contribution in [0.5, 0.6) is 0 Å². The van der Waals surface area contributed by atoms with Crippen molar-refractivity contribution < 1.29 is 0 Å². The van der Waals surface area contributed by atoms with Gasteiger partial charge in [-0.05, 0) is 38.5 Å². The van der Waals surface area contributed by atoms with Crippen LogP contribution >= 0.6 is 0 Å². The summed E-state index contributed by atoms with van der Waals surface area (Å²) < 4.78 is 0. The number of nitriles is 1. The van der Waals surface area contributed by atoms with Crippen LogP contribution in [0.25, 0.3) is 0 Å². The standard InChI is InChI=1S/C14H19N3/c1-11-4-5-12(9-15)13(8-11)17-7-6-16-10-14(17,2)3/h4-5,8,16H,6-7,10H2,1-3H3. The topological polar surface area (TPSA) is 39.1 Å². The van der Waals surface area contributed by atoms with E-state index in [0.717, 1.165) is 30.9 Å². The second kappa shape index (κ2) is 4.38. The molecule has 1 heterocycles. The number of aryl methyl sites for hydroxylation is 1. The second-order valence-electron chi connectivity index (χ2n) is 5.27. The zero-order valence-electron chi connectivity index (χ0n) is 10.7. The van der Waals surface area contributed by atoms with Crippen molar-refractivity contribution in [2.24, 2.45) is 0 Å². The lowest BCUT2D eigenvalue weighted by molar-refractivity contribution is 0.380. The normalized spacial score (nSPS) is 18.8. The Bertz CT molecular complexity index is 457. The number of nitrogens with zero attached hydrogens (tertiary/aromatic N) is 2. The van der Waals surface area contributed by atoms with Gasteiger partial charge in [-0.2, -0.15) is 5.26 Å². The van der Waals surface area contributed by atoms with Crippen LogP contribution in [0.1, 0.15) is 25.0 Å². The Balaban J connectivity index is 2.45. The van der Waals surface area contributed by atoms with Crippen molar-refractivity contribution in [3.05, 3.63) is 29.3 Å². The summed E-state index contributed by atoms with van der Waals surface area (Å²) in [5.74, 6) is 0. The van der Waals surface area contributed by atoms with Crippen LogP contribution < -0.4 is 10.2 Å². The highest BCUT2D eigenvalue weighted by Gasteiger charge is 2.30. The molecule has 90 valence electrons. The van der Waals surface area contributed by atoms with Gasteiger partial charge in [-0.3, -0.25) is 0 Å². The Hall–Kier alpha value is -1.53. The summed E-state index contributed by atoms with van der Waals surface area (Å²) in [5.41, 5.74) is 3.09. The van der Waals surface area contributed by atoms with Crippen LogP contribution in [-0.4, -0.2) is 25.2 Å². The molecule has 3 nitrogen and oxygen atoms in total. The smallest absolute Gasteiger partial charge is 0.101 e. The molecule has 1 aromatic carbocycles. The van der Waals surface area contributed by atoms with Crippen LogP contribution in [0.15, 0.2) is 18.2 Å². The van der Waals surface area contributed by atoms with Crippen molar-refractivity contribution in [2.75, 3.05) is 24.5 Å². The Morgan fingerprint density at radius 1 is 1.41 bits per heavy atom. The number of nitrogens with one attached hydrogen (secondary N) is 1. The van der Waals surface area contributed by atoms with Crippen molar-refractivity contribution in [1.29, 1.82) is 5.26 Å². The highest BCUT2D eigenvalue weighted by Crippen LogP contribution is 2.29.